The zero-order valence-corrected chi connectivity index (χ0v) is 22.7. The number of esters is 1. The molecule has 5 rings (SSSR count). The van der Waals surface area contributed by atoms with Crippen LogP contribution in [0.5, 0.6) is 0 Å². The summed E-state index contributed by atoms with van der Waals surface area (Å²) in [7, 11) is 0. The molecule has 1 saturated heterocycles. The fourth-order valence-corrected chi connectivity index (χ4v) is 5.43. The lowest BCUT2D eigenvalue weighted by Gasteiger charge is -2.27. The number of nitrogens with zero attached hydrogens (tertiary/aromatic N) is 2. The molecule has 3 aromatic carbocycles. The summed E-state index contributed by atoms with van der Waals surface area (Å²) < 4.78 is 21.4. The van der Waals surface area contributed by atoms with Gasteiger partial charge in [-0.25, -0.2) is 4.39 Å². The third-order valence-corrected chi connectivity index (χ3v) is 7.20. The molecule has 2 atom stereocenters. The van der Waals surface area contributed by atoms with E-state index in [1.807, 2.05) is 80.6 Å². The minimum atomic E-state index is -0.723. The van der Waals surface area contributed by atoms with Crippen LogP contribution in [0, 0.1) is 5.82 Å². The lowest BCUT2D eigenvalue weighted by atomic mass is 10.0. The summed E-state index contributed by atoms with van der Waals surface area (Å²) in [6, 6.07) is 27.1. The Balaban J connectivity index is 1.61. The lowest BCUT2D eigenvalue weighted by Crippen LogP contribution is -2.33. The van der Waals surface area contributed by atoms with Crippen molar-refractivity contribution in [3.8, 4) is 11.3 Å². The number of benzene rings is 3. The molecule has 0 radical (unpaired) electrons. The van der Waals surface area contributed by atoms with Crippen LogP contribution in [0.25, 0.3) is 11.3 Å². The SMILES string of the molecule is CC(C)c1c(C(=O)N(c2ccccc2)c2ccccc2)cc(-c2ccc(F)cc2)n1CCC1CC(O)CC(=O)O1. The first-order valence-corrected chi connectivity index (χ1v) is 13.6. The van der Waals surface area contributed by atoms with Crippen molar-refractivity contribution in [1.82, 2.24) is 4.57 Å². The second kappa shape index (κ2) is 11.9. The van der Waals surface area contributed by atoms with E-state index in [-0.39, 0.29) is 24.1 Å². The standard InChI is InChI=1S/C33H33FN2O4/c1-22(2)32-29(33(39)36(25-9-5-3-6-10-25)26-11-7-4-8-12-26)21-30(23-13-15-24(34)16-14-23)35(32)18-17-28-19-27(37)20-31(38)40-28/h3-16,21-22,27-28,37H,17-20H2,1-2H3. The van der Waals surface area contributed by atoms with Crippen molar-refractivity contribution in [2.24, 2.45) is 0 Å². The molecule has 1 N–H and O–H groups in total. The topological polar surface area (TPSA) is 71.8 Å². The maximum atomic E-state index is 14.5. The van der Waals surface area contributed by atoms with Crippen molar-refractivity contribution in [3.05, 3.63) is 108 Å². The molecule has 1 aromatic heterocycles. The van der Waals surface area contributed by atoms with Crippen LogP contribution in [0.3, 0.4) is 0 Å². The van der Waals surface area contributed by atoms with E-state index in [1.54, 1.807) is 17.0 Å². The highest BCUT2D eigenvalue weighted by molar-refractivity contribution is 6.12. The number of hydrogen-bond donors (Lipinski definition) is 1. The fraction of sp³-hybridized carbons (Fsp3) is 0.273. The molecule has 0 spiro atoms. The summed E-state index contributed by atoms with van der Waals surface area (Å²) in [5.74, 6) is -0.954. The van der Waals surface area contributed by atoms with Gasteiger partial charge in [-0.3, -0.25) is 14.5 Å². The molecular weight excluding hydrogens is 507 g/mol. The first-order chi connectivity index (χ1) is 19.3. The molecule has 40 heavy (non-hydrogen) atoms. The average Bonchev–Trinajstić information content (AvgIpc) is 3.33. The van der Waals surface area contributed by atoms with Crippen LogP contribution in [0.4, 0.5) is 15.8 Å². The first-order valence-electron chi connectivity index (χ1n) is 13.6. The Kier molecular flexibility index (Phi) is 8.12. The molecule has 0 saturated carbocycles. The van der Waals surface area contributed by atoms with Gasteiger partial charge >= 0.3 is 5.97 Å². The van der Waals surface area contributed by atoms with Gasteiger partial charge in [-0.15, -0.1) is 0 Å². The number of amides is 1. The molecular formula is C33H33FN2O4. The fourth-order valence-electron chi connectivity index (χ4n) is 5.43. The largest absolute Gasteiger partial charge is 0.462 e. The van der Waals surface area contributed by atoms with E-state index in [4.69, 9.17) is 4.74 Å². The molecule has 1 fully saturated rings. The molecule has 2 heterocycles. The average molecular weight is 541 g/mol. The summed E-state index contributed by atoms with van der Waals surface area (Å²) in [5, 5.41) is 10.1. The predicted octanol–water partition coefficient (Wildman–Crippen LogP) is 6.85. The van der Waals surface area contributed by atoms with Crippen LogP contribution in [0.1, 0.15) is 55.1 Å². The van der Waals surface area contributed by atoms with Crippen LogP contribution < -0.4 is 4.90 Å². The van der Waals surface area contributed by atoms with E-state index >= 15 is 0 Å². The quantitative estimate of drug-likeness (QED) is 0.248. The van der Waals surface area contributed by atoms with E-state index < -0.39 is 18.2 Å². The number of halogens is 1. The summed E-state index contributed by atoms with van der Waals surface area (Å²) in [6.45, 7) is 4.53. The number of cyclic esters (lactones) is 1. The highest BCUT2D eigenvalue weighted by atomic mass is 19.1. The summed E-state index contributed by atoms with van der Waals surface area (Å²) in [6.07, 6.45) is -0.299. The number of anilines is 2. The zero-order valence-electron chi connectivity index (χ0n) is 22.7. The van der Waals surface area contributed by atoms with Gasteiger partial charge < -0.3 is 14.4 Å². The van der Waals surface area contributed by atoms with Crippen LogP contribution in [-0.4, -0.2) is 33.8 Å². The highest BCUT2D eigenvalue weighted by Crippen LogP contribution is 2.35. The van der Waals surface area contributed by atoms with Crippen molar-refractivity contribution < 1.29 is 23.8 Å². The predicted molar refractivity (Wildman–Crippen MR) is 153 cm³/mol. The van der Waals surface area contributed by atoms with Gasteiger partial charge in [-0.2, -0.15) is 0 Å². The van der Waals surface area contributed by atoms with E-state index in [9.17, 15) is 19.1 Å². The van der Waals surface area contributed by atoms with E-state index in [0.29, 0.717) is 24.9 Å². The number of rotatable bonds is 8. The molecule has 2 unspecified atom stereocenters. The van der Waals surface area contributed by atoms with Crippen molar-refractivity contribution in [2.45, 2.75) is 57.8 Å². The molecule has 4 aromatic rings. The number of ether oxygens (including phenoxy) is 1. The molecule has 7 heteroatoms. The first kappa shape index (κ1) is 27.3. The molecule has 1 amide bonds. The maximum absolute atomic E-state index is 14.5. The van der Waals surface area contributed by atoms with Gasteiger partial charge in [0.2, 0.25) is 0 Å². The third kappa shape index (κ3) is 5.84. The van der Waals surface area contributed by atoms with Gasteiger partial charge in [0.25, 0.3) is 5.91 Å². The Bertz CT molecular complexity index is 1430. The third-order valence-electron chi connectivity index (χ3n) is 7.20. The van der Waals surface area contributed by atoms with Crippen LogP contribution in [0.2, 0.25) is 0 Å². The normalized spacial score (nSPS) is 17.1. The molecule has 1 aliphatic rings. The van der Waals surface area contributed by atoms with Crippen molar-refractivity contribution in [2.75, 3.05) is 4.90 Å². The maximum Gasteiger partial charge on any atom is 0.308 e. The molecule has 1 aliphatic heterocycles. The Morgan fingerprint density at radius 2 is 1.60 bits per heavy atom. The van der Waals surface area contributed by atoms with Gasteiger partial charge in [0.1, 0.15) is 11.9 Å². The number of para-hydroxylation sites is 2. The van der Waals surface area contributed by atoms with Crippen LogP contribution >= 0.6 is 0 Å². The number of aliphatic hydroxyl groups excluding tert-OH is 1. The Hall–Kier alpha value is -4.23. The number of carbonyl (C=O) groups excluding carboxylic acids is 2. The monoisotopic (exact) mass is 540 g/mol. The molecule has 0 aliphatic carbocycles. The second-order valence-electron chi connectivity index (χ2n) is 10.4. The number of carbonyl (C=O) groups is 2. The van der Waals surface area contributed by atoms with Crippen LogP contribution in [-0.2, 0) is 16.1 Å². The van der Waals surface area contributed by atoms with Gasteiger partial charge in [0.05, 0.1) is 18.1 Å². The van der Waals surface area contributed by atoms with Gasteiger partial charge in [0.15, 0.2) is 0 Å². The Labute approximate surface area is 233 Å². The zero-order chi connectivity index (χ0) is 28.2. The summed E-state index contributed by atoms with van der Waals surface area (Å²) in [4.78, 5) is 28.1. The molecule has 6 nitrogen and oxygen atoms in total. The minimum absolute atomic E-state index is 0.00551. The van der Waals surface area contributed by atoms with Gasteiger partial charge in [-0.1, -0.05) is 50.2 Å². The van der Waals surface area contributed by atoms with Crippen molar-refractivity contribution in [1.29, 1.82) is 0 Å². The highest BCUT2D eigenvalue weighted by Gasteiger charge is 2.30. The van der Waals surface area contributed by atoms with Gasteiger partial charge in [0, 0.05) is 42.1 Å². The molecule has 0 bridgehead atoms. The molecule has 206 valence electrons. The number of aliphatic hydroxyl groups is 1. The lowest BCUT2D eigenvalue weighted by molar-refractivity contribution is -0.160. The van der Waals surface area contributed by atoms with Crippen LogP contribution in [0.15, 0.2) is 91.0 Å². The number of aromatic nitrogens is 1. The van der Waals surface area contributed by atoms with Crippen molar-refractivity contribution >= 4 is 23.3 Å². The minimum Gasteiger partial charge on any atom is -0.462 e. The van der Waals surface area contributed by atoms with E-state index in [0.717, 1.165) is 28.3 Å². The van der Waals surface area contributed by atoms with E-state index in [1.165, 1.54) is 12.1 Å². The van der Waals surface area contributed by atoms with E-state index in [2.05, 4.69) is 4.57 Å². The van der Waals surface area contributed by atoms with Crippen molar-refractivity contribution in [3.63, 3.8) is 0 Å². The Morgan fingerprint density at radius 3 is 2.15 bits per heavy atom. The van der Waals surface area contributed by atoms with Gasteiger partial charge in [-0.05, 0) is 66.1 Å². The second-order valence-corrected chi connectivity index (χ2v) is 10.4. The number of hydrogen-bond acceptors (Lipinski definition) is 4. The summed E-state index contributed by atoms with van der Waals surface area (Å²) >= 11 is 0. The summed E-state index contributed by atoms with van der Waals surface area (Å²) in [5.41, 5.74) is 4.41. The smallest absolute Gasteiger partial charge is 0.308 e. The Morgan fingerprint density at radius 1 is 1.00 bits per heavy atom.